The van der Waals surface area contributed by atoms with Gasteiger partial charge >= 0.3 is 0 Å². The third-order valence-electron chi connectivity index (χ3n) is 4.74. The fraction of sp³-hybridized carbons (Fsp3) is 0.900. The number of carbonyl (C=O) groups is 1. The number of hydrogen-bond donors (Lipinski definition) is 1. The smallest absolute Gasteiger partial charge is 0.220 e. The van der Waals surface area contributed by atoms with Crippen molar-refractivity contribution in [3.05, 3.63) is 0 Å². The normalized spacial score (nSPS) is 14.1. The molecule has 1 N–H and O–H groups in total. The van der Waals surface area contributed by atoms with Gasteiger partial charge in [-0.1, -0.05) is 65.2 Å². The Morgan fingerprint density at radius 2 is 1.67 bits per heavy atom. The van der Waals surface area contributed by atoms with Gasteiger partial charge in [-0.05, 0) is 12.8 Å². The van der Waals surface area contributed by atoms with E-state index in [9.17, 15) is 4.79 Å². The Bertz CT molecular complexity index is 355. The maximum atomic E-state index is 11.8. The summed E-state index contributed by atoms with van der Waals surface area (Å²) in [5, 5.41) is 3.07. The summed E-state index contributed by atoms with van der Waals surface area (Å²) in [7, 11) is 0. The van der Waals surface area contributed by atoms with Crippen molar-refractivity contribution in [2.75, 3.05) is 26.2 Å². The zero-order valence-electron chi connectivity index (χ0n) is 16.1. The Morgan fingerprint density at radius 3 is 2.38 bits per heavy atom. The zero-order chi connectivity index (χ0) is 17.5. The van der Waals surface area contributed by atoms with E-state index in [0.717, 1.165) is 39.0 Å². The Kier molecular flexibility index (Phi) is 12.5. The summed E-state index contributed by atoms with van der Waals surface area (Å²) in [6, 6.07) is 0. The first-order valence-corrected chi connectivity index (χ1v) is 10.3. The van der Waals surface area contributed by atoms with Gasteiger partial charge in [-0.25, -0.2) is 0 Å². The highest BCUT2D eigenvalue weighted by Crippen LogP contribution is 2.11. The van der Waals surface area contributed by atoms with Crippen molar-refractivity contribution in [1.82, 2.24) is 10.2 Å². The van der Waals surface area contributed by atoms with Gasteiger partial charge in [0.05, 0.1) is 12.4 Å². The molecule has 1 aliphatic heterocycles. The van der Waals surface area contributed by atoms with Crippen molar-refractivity contribution in [3.63, 3.8) is 0 Å². The summed E-state index contributed by atoms with van der Waals surface area (Å²) in [4.78, 5) is 18.8. The molecule has 1 aliphatic rings. The van der Waals surface area contributed by atoms with Gasteiger partial charge in [-0.2, -0.15) is 0 Å². The monoisotopic (exact) mass is 337 g/mol. The number of unbranched alkanes of at least 4 members (excludes halogenated alkanes) is 8. The molecule has 140 valence electrons. The maximum absolute atomic E-state index is 11.8. The van der Waals surface area contributed by atoms with Crippen molar-refractivity contribution in [3.8, 4) is 0 Å². The first kappa shape index (κ1) is 21.0. The molecule has 0 radical (unpaired) electrons. The molecule has 0 aliphatic carbocycles. The highest BCUT2D eigenvalue weighted by atomic mass is 16.1. The molecule has 1 amide bonds. The molecule has 4 heteroatoms. The Hall–Kier alpha value is -1.06. The van der Waals surface area contributed by atoms with Gasteiger partial charge in [0.15, 0.2) is 0 Å². The van der Waals surface area contributed by atoms with Crippen molar-refractivity contribution >= 4 is 11.7 Å². The van der Waals surface area contributed by atoms with Crippen LogP contribution in [0.25, 0.3) is 0 Å². The second kappa shape index (κ2) is 14.3. The quantitative estimate of drug-likeness (QED) is 0.446. The number of hydrogen-bond acceptors (Lipinski definition) is 3. The molecule has 1 rings (SSSR count). The fourth-order valence-corrected chi connectivity index (χ4v) is 3.20. The van der Waals surface area contributed by atoms with Gasteiger partial charge < -0.3 is 10.2 Å². The van der Waals surface area contributed by atoms with E-state index in [1.165, 1.54) is 63.6 Å². The van der Waals surface area contributed by atoms with Gasteiger partial charge in [-0.15, -0.1) is 0 Å². The summed E-state index contributed by atoms with van der Waals surface area (Å²) >= 11 is 0. The predicted molar refractivity (Wildman–Crippen MR) is 104 cm³/mol. The lowest BCUT2D eigenvalue weighted by Crippen LogP contribution is -2.36. The average Bonchev–Trinajstić information content (AvgIpc) is 3.02. The molecule has 4 nitrogen and oxygen atoms in total. The largest absolute Gasteiger partial charge is 0.357 e. The molecule has 0 atom stereocenters. The summed E-state index contributed by atoms with van der Waals surface area (Å²) in [6.45, 7) is 8.08. The van der Waals surface area contributed by atoms with E-state index < -0.39 is 0 Å². The lowest BCUT2D eigenvalue weighted by molar-refractivity contribution is -0.121. The molecule has 1 heterocycles. The van der Waals surface area contributed by atoms with Gasteiger partial charge in [0.25, 0.3) is 0 Å². The van der Waals surface area contributed by atoms with Crippen LogP contribution in [0.5, 0.6) is 0 Å². The van der Waals surface area contributed by atoms with E-state index in [1.807, 2.05) is 0 Å². The maximum Gasteiger partial charge on any atom is 0.220 e. The van der Waals surface area contributed by atoms with E-state index >= 15 is 0 Å². The van der Waals surface area contributed by atoms with E-state index in [1.54, 1.807) is 0 Å². The number of amidine groups is 1. The summed E-state index contributed by atoms with van der Waals surface area (Å²) in [5.74, 6) is 1.48. The van der Waals surface area contributed by atoms with E-state index in [0.29, 0.717) is 6.42 Å². The lowest BCUT2D eigenvalue weighted by atomic mass is 10.1. The average molecular weight is 338 g/mol. The third-order valence-corrected chi connectivity index (χ3v) is 4.74. The van der Waals surface area contributed by atoms with E-state index in [2.05, 4.69) is 29.1 Å². The minimum Gasteiger partial charge on any atom is -0.357 e. The van der Waals surface area contributed by atoms with E-state index in [-0.39, 0.29) is 5.91 Å². The summed E-state index contributed by atoms with van der Waals surface area (Å²) < 4.78 is 0. The molecular formula is C20H39N3O. The number of amides is 1. The van der Waals surface area contributed by atoms with Crippen molar-refractivity contribution < 1.29 is 4.79 Å². The summed E-state index contributed by atoms with van der Waals surface area (Å²) in [6.07, 6.45) is 14.4. The van der Waals surface area contributed by atoms with Gasteiger partial charge in [0.2, 0.25) is 5.91 Å². The molecule has 0 bridgehead atoms. The van der Waals surface area contributed by atoms with Crippen LogP contribution in [0.1, 0.15) is 90.9 Å². The topological polar surface area (TPSA) is 44.7 Å². The number of rotatable bonds is 15. The highest BCUT2D eigenvalue weighted by Gasteiger charge is 2.15. The zero-order valence-corrected chi connectivity index (χ0v) is 16.1. The van der Waals surface area contributed by atoms with Crippen molar-refractivity contribution in [2.45, 2.75) is 90.9 Å². The van der Waals surface area contributed by atoms with Gasteiger partial charge in [0.1, 0.15) is 0 Å². The molecule has 0 spiro atoms. The molecule has 0 unspecified atom stereocenters. The molecular weight excluding hydrogens is 298 g/mol. The van der Waals surface area contributed by atoms with E-state index in [4.69, 9.17) is 0 Å². The van der Waals surface area contributed by atoms with Crippen LogP contribution in [0.2, 0.25) is 0 Å². The van der Waals surface area contributed by atoms with Crippen LogP contribution in [0, 0.1) is 0 Å². The molecule has 24 heavy (non-hydrogen) atoms. The van der Waals surface area contributed by atoms with Crippen LogP contribution >= 0.6 is 0 Å². The van der Waals surface area contributed by atoms with Crippen LogP contribution < -0.4 is 5.32 Å². The minimum atomic E-state index is 0.212. The minimum absolute atomic E-state index is 0.212. The first-order valence-electron chi connectivity index (χ1n) is 10.3. The van der Waals surface area contributed by atoms with Crippen LogP contribution in [-0.4, -0.2) is 42.8 Å². The second-order valence-corrected chi connectivity index (χ2v) is 6.96. The van der Waals surface area contributed by atoms with Crippen LogP contribution in [-0.2, 0) is 4.79 Å². The van der Waals surface area contributed by atoms with Crippen LogP contribution in [0.15, 0.2) is 4.99 Å². The lowest BCUT2D eigenvalue weighted by Gasteiger charge is -2.20. The van der Waals surface area contributed by atoms with Crippen molar-refractivity contribution in [1.29, 1.82) is 0 Å². The Balaban J connectivity index is 2.04. The molecule has 0 saturated heterocycles. The number of nitrogens with zero attached hydrogens (tertiary/aromatic N) is 2. The Labute approximate surface area is 149 Å². The molecule has 0 aromatic rings. The molecule has 0 saturated carbocycles. The number of carbonyl (C=O) groups excluding carboxylic acids is 1. The van der Waals surface area contributed by atoms with Gasteiger partial charge in [0, 0.05) is 32.5 Å². The molecule has 0 aromatic heterocycles. The molecule has 0 aromatic carbocycles. The second-order valence-electron chi connectivity index (χ2n) is 6.96. The molecule has 0 fully saturated rings. The first-order chi connectivity index (χ1) is 11.8. The Morgan fingerprint density at radius 1 is 1.00 bits per heavy atom. The highest BCUT2D eigenvalue weighted by molar-refractivity contribution is 5.83. The van der Waals surface area contributed by atoms with Crippen LogP contribution in [0.3, 0.4) is 0 Å². The number of aliphatic imine (C=N–C) groups is 1. The standard InChI is InChI=1S/C20H39N3O/c1-3-5-7-9-11-13-19-21-15-17-23(19)18-16-22-20(24)14-12-10-8-6-4-2/h3-18H2,1-2H3,(H,22,24). The van der Waals surface area contributed by atoms with Crippen molar-refractivity contribution in [2.24, 2.45) is 4.99 Å². The summed E-state index contributed by atoms with van der Waals surface area (Å²) in [5.41, 5.74) is 0. The fourth-order valence-electron chi connectivity index (χ4n) is 3.20. The predicted octanol–water partition coefficient (Wildman–Crippen LogP) is 4.54. The SMILES string of the molecule is CCCCCCCC(=O)NCCN1CCN=C1CCCCCCC. The van der Waals surface area contributed by atoms with Crippen LogP contribution in [0.4, 0.5) is 0 Å². The van der Waals surface area contributed by atoms with Gasteiger partial charge in [-0.3, -0.25) is 9.79 Å². The number of nitrogens with one attached hydrogen (secondary N) is 1. The third kappa shape index (κ3) is 9.94.